The Morgan fingerprint density at radius 1 is 1.56 bits per heavy atom. The fourth-order valence-corrected chi connectivity index (χ4v) is 2.10. The molecule has 0 bridgehead atoms. The highest BCUT2D eigenvalue weighted by molar-refractivity contribution is 6.76. The van der Waals surface area contributed by atoms with Crippen molar-refractivity contribution in [2.45, 2.75) is 31.7 Å². The Morgan fingerprint density at radius 3 is 2.11 bits per heavy atom. The van der Waals surface area contributed by atoms with E-state index >= 15 is 0 Å². The average Bonchev–Trinajstić information content (AvgIpc) is 1.62. The first-order valence-electron chi connectivity index (χ1n) is 3.09. The first kappa shape index (κ1) is 8.85. The highest BCUT2D eigenvalue weighted by Crippen LogP contribution is 2.08. The average molecular weight is 144 g/mol. The molecule has 0 amide bonds. The van der Waals surface area contributed by atoms with Gasteiger partial charge in [0.15, 0.2) is 0 Å². The quantitative estimate of drug-likeness (QED) is 0.594. The normalized spacial score (nSPS) is 15.1. The van der Waals surface area contributed by atoms with Crippen molar-refractivity contribution < 1.29 is 4.79 Å². The third-order valence-corrected chi connectivity index (χ3v) is 2.65. The summed E-state index contributed by atoms with van der Waals surface area (Å²) in [5, 5.41) is 0. The molecule has 3 heteroatoms. The van der Waals surface area contributed by atoms with Crippen molar-refractivity contribution in [2.24, 2.45) is 5.73 Å². The molecule has 1 radical (unpaired) electrons. The van der Waals surface area contributed by atoms with Gasteiger partial charge < -0.3 is 5.73 Å². The first-order valence-corrected chi connectivity index (χ1v) is 6.80. The van der Waals surface area contributed by atoms with Crippen LogP contribution in [0, 0.1) is 0 Å². The molecular weight excluding hydrogens is 130 g/mol. The van der Waals surface area contributed by atoms with Crippen LogP contribution in [-0.4, -0.2) is 20.4 Å². The molecule has 0 aliphatic carbocycles. The number of carbonyl (C=O) groups excluding carboxylic acids is 1. The van der Waals surface area contributed by atoms with Crippen LogP contribution in [0.1, 0.15) is 0 Å². The minimum atomic E-state index is -1.13. The zero-order valence-electron chi connectivity index (χ0n) is 6.27. The number of hydrogen-bond acceptors (Lipinski definition) is 2. The van der Waals surface area contributed by atoms with E-state index in [1.165, 1.54) is 0 Å². The Hall–Kier alpha value is -0.153. The van der Waals surface area contributed by atoms with Crippen LogP contribution in [0.2, 0.25) is 25.7 Å². The first-order chi connectivity index (χ1) is 3.95. The van der Waals surface area contributed by atoms with E-state index in [-0.39, 0.29) is 6.04 Å². The fourth-order valence-electron chi connectivity index (χ4n) is 0.701. The monoisotopic (exact) mass is 144 g/mol. The van der Waals surface area contributed by atoms with E-state index in [4.69, 9.17) is 5.73 Å². The minimum absolute atomic E-state index is 0.350. The largest absolute Gasteiger partial charge is 0.321 e. The zero-order valence-corrected chi connectivity index (χ0v) is 7.27. The highest BCUT2D eigenvalue weighted by Gasteiger charge is 2.17. The van der Waals surface area contributed by atoms with Gasteiger partial charge in [-0.3, -0.25) is 4.79 Å². The second kappa shape index (κ2) is 3.13. The van der Waals surface area contributed by atoms with Crippen molar-refractivity contribution >= 4 is 14.4 Å². The smallest absolute Gasteiger partial charge is 0.216 e. The van der Waals surface area contributed by atoms with Gasteiger partial charge >= 0.3 is 0 Å². The Morgan fingerprint density at radius 2 is 2.00 bits per heavy atom. The van der Waals surface area contributed by atoms with Crippen LogP contribution in [0.4, 0.5) is 0 Å². The fraction of sp³-hybridized carbons (Fsp3) is 0.833. The lowest BCUT2D eigenvalue weighted by Gasteiger charge is -2.16. The van der Waals surface area contributed by atoms with Crippen molar-refractivity contribution in [1.82, 2.24) is 0 Å². The minimum Gasteiger partial charge on any atom is -0.321 e. The van der Waals surface area contributed by atoms with Gasteiger partial charge in [-0.25, -0.2) is 0 Å². The number of nitrogens with two attached hydrogens (primary N) is 1. The molecule has 53 valence electrons. The van der Waals surface area contributed by atoms with E-state index < -0.39 is 8.07 Å². The van der Waals surface area contributed by atoms with E-state index in [0.29, 0.717) is 0 Å². The molecule has 0 heterocycles. The number of hydrogen-bond donors (Lipinski definition) is 1. The van der Waals surface area contributed by atoms with Gasteiger partial charge in [-0.05, 0) is 6.04 Å². The molecule has 0 aromatic carbocycles. The third kappa shape index (κ3) is 5.72. The Kier molecular flexibility index (Phi) is 3.07. The Bertz CT molecular complexity index is 97.7. The summed E-state index contributed by atoms with van der Waals surface area (Å²) in [6.07, 6.45) is 1.78. The molecule has 0 rings (SSSR count). The lowest BCUT2D eigenvalue weighted by Crippen LogP contribution is -2.33. The lowest BCUT2D eigenvalue weighted by molar-refractivity contribution is 0.545. The molecule has 2 N–H and O–H groups in total. The summed E-state index contributed by atoms with van der Waals surface area (Å²) in [6, 6.07) is 0.493. The van der Waals surface area contributed by atoms with Crippen molar-refractivity contribution in [2.75, 3.05) is 0 Å². The van der Waals surface area contributed by atoms with Gasteiger partial charge in [0.1, 0.15) is 0 Å². The Balaban J connectivity index is 3.59. The summed E-state index contributed by atoms with van der Waals surface area (Å²) in [5.74, 6) is 0. The van der Waals surface area contributed by atoms with E-state index in [1.807, 2.05) is 0 Å². The predicted octanol–water partition coefficient (Wildman–Crippen LogP) is 0.762. The second-order valence-electron chi connectivity index (χ2n) is 3.49. The Labute approximate surface area is 57.4 Å². The molecule has 0 aromatic heterocycles. The predicted molar refractivity (Wildman–Crippen MR) is 41.8 cm³/mol. The van der Waals surface area contributed by atoms with Crippen molar-refractivity contribution in [3.8, 4) is 0 Å². The van der Waals surface area contributed by atoms with Gasteiger partial charge in [0.05, 0.1) is 6.04 Å². The molecule has 0 spiro atoms. The second-order valence-corrected chi connectivity index (χ2v) is 9.02. The maximum Gasteiger partial charge on any atom is 0.216 e. The summed E-state index contributed by atoms with van der Waals surface area (Å²) >= 11 is 0. The van der Waals surface area contributed by atoms with Gasteiger partial charge in [-0.2, -0.15) is 0 Å². The van der Waals surface area contributed by atoms with E-state index in [2.05, 4.69) is 19.6 Å². The molecule has 0 fully saturated rings. The summed E-state index contributed by atoms with van der Waals surface area (Å²) in [6.45, 7) is 6.55. The molecule has 9 heavy (non-hydrogen) atoms. The van der Waals surface area contributed by atoms with Crippen LogP contribution in [0.25, 0.3) is 0 Å². The highest BCUT2D eigenvalue weighted by atomic mass is 28.3. The van der Waals surface area contributed by atoms with Crippen LogP contribution in [0.5, 0.6) is 0 Å². The molecule has 0 aromatic rings. The lowest BCUT2D eigenvalue weighted by atomic mass is 10.4. The maximum atomic E-state index is 9.95. The standard InChI is InChI=1S/C6H14NOSi/c1-9(2,3)5-6(7)4-8/h6H,5,7H2,1-3H3/t6-/m1/s1. The van der Waals surface area contributed by atoms with Crippen LogP contribution in [-0.2, 0) is 4.79 Å². The molecule has 0 unspecified atom stereocenters. The summed E-state index contributed by atoms with van der Waals surface area (Å²) in [5.41, 5.74) is 5.37. The molecule has 1 atom stereocenters. The zero-order chi connectivity index (χ0) is 7.49. The van der Waals surface area contributed by atoms with E-state index in [9.17, 15) is 4.79 Å². The van der Waals surface area contributed by atoms with Gasteiger partial charge in [-0.1, -0.05) is 19.6 Å². The maximum absolute atomic E-state index is 9.95. The van der Waals surface area contributed by atoms with E-state index in [0.717, 1.165) is 6.04 Å². The van der Waals surface area contributed by atoms with Gasteiger partial charge in [0.2, 0.25) is 6.29 Å². The van der Waals surface area contributed by atoms with Crippen LogP contribution < -0.4 is 5.73 Å². The molecule has 0 saturated carbocycles. The number of rotatable bonds is 3. The molecular formula is C6H14NOSi. The van der Waals surface area contributed by atoms with Gasteiger partial charge in [-0.15, -0.1) is 0 Å². The SMILES string of the molecule is C[Si](C)(C)C[C@H](N)[C]=O. The van der Waals surface area contributed by atoms with Crippen molar-refractivity contribution in [3.63, 3.8) is 0 Å². The van der Waals surface area contributed by atoms with Gasteiger partial charge in [0.25, 0.3) is 0 Å². The van der Waals surface area contributed by atoms with Crippen molar-refractivity contribution in [1.29, 1.82) is 0 Å². The van der Waals surface area contributed by atoms with Crippen LogP contribution in [0.3, 0.4) is 0 Å². The molecule has 2 nitrogen and oxygen atoms in total. The molecule has 0 aliphatic rings. The van der Waals surface area contributed by atoms with E-state index in [1.54, 1.807) is 6.29 Å². The molecule has 0 aliphatic heterocycles. The molecule has 0 saturated heterocycles. The summed E-state index contributed by atoms with van der Waals surface area (Å²) in [7, 11) is -1.13. The van der Waals surface area contributed by atoms with Crippen molar-refractivity contribution in [3.05, 3.63) is 0 Å². The summed E-state index contributed by atoms with van der Waals surface area (Å²) < 4.78 is 0. The van der Waals surface area contributed by atoms with Crippen LogP contribution in [0.15, 0.2) is 0 Å². The van der Waals surface area contributed by atoms with Gasteiger partial charge in [0, 0.05) is 8.07 Å². The third-order valence-electron chi connectivity index (χ3n) is 0.984. The summed E-state index contributed by atoms with van der Waals surface area (Å²) in [4.78, 5) is 9.95. The van der Waals surface area contributed by atoms with Crippen LogP contribution >= 0.6 is 0 Å². The topological polar surface area (TPSA) is 43.1 Å².